The molecular weight excluding hydrogens is 385 g/mol. The van der Waals surface area contributed by atoms with E-state index in [2.05, 4.69) is 34.5 Å². The highest BCUT2D eigenvalue weighted by Gasteiger charge is 2.35. The molecule has 0 spiro atoms. The Bertz CT molecular complexity index is 572. The van der Waals surface area contributed by atoms with Crippen molar-refractivity contribution in [2.45, 2.75) is 57.2 Å². The largest absolute Gasteiger partial charge is 0.381 e. The molecule has 2 saturated heterocycles. The first-order valence-corrected chi connectivity index (χ1v) is 9.61. The summed E-state index contributed by atoms with van der Waals surface area (Å²) in [7, 11) is 0. The summed E-state index contributed by atoms with van der Waals surface area (Å²) < 4.78 is 5.31. The van der Waals surface area contributed by atoms with Crippen LogP contribution in [-0.2, 0) is 22.6 Å². The number of benzene rings is 1. The zero-order valence-corrected chi connectivity index (χ0v) is 17.6. The van der Waals surface area contributed by atoms with Crippen molar-refractivity contribution in [2.75, 3.05) is 26.3 Å². The predicted molar refractivity (Wildman–Crippen MR) is 114 cm³/mol. The molecule has 2 fully saturated rings. The van der Waals surface area contributed by atoms with Crippen molar-refractivity contribution in [1.29, 1.82) is 0 Å². The van der Waals surface area contributed by atoms with Gasteiger partial charge in [-0.1, -0.05) is 37.1 Å². The van der Waals surface area contributed by atoms with E-state index in [-0.39, 0.29) is 30.7 Å². The molecule has 7 heteroatoms. The number of hydrogen-bond acceptors (Lipinski definition) is 4. The minimum absolute atomic E-state index is 0. The molecule has 3 N–H and O–H groups in total. The van der Waals surface area contributed by atoms with Crippen LogP contribution in [0.15, 0.2) is 24.3 Å². The number of carbonyl (C=O) groups excluding carboxylic acids is 1. The van der Waals surface area contributed by atoms with Crippen LogP contribution in [0.3, 0.4) is 0 Å². The van der Waals surface area contributed by atoms with E-state index in [1.165, 1.54) is 44.3 Å². The van der Waals surface area contributed by atoms with Gasteiger partial charge >= 0.3 is 0 Å². The molecule has 0 aromatic heterocycles. The van der Waals surface area contributed by atoms with Crippen LogP contribution >= 0.6 is 24.8 Å². The minimum Gasteiger partial charge on any atom is -0.381 e. The van der Waals surface area contributed by atoms with Crippen molar-refractivity contribution in [3.05, 3.63) is 35.4 Å². The number of hydrogen-bond donors (Lipinski definition) is 2. The highest BCUT2D eigenvalue weighted by Crippen LogP contribution is 2.18. The molecule has 0 aliphatic carbocycles. The van der Waals surface area contributed by atoms with Crippen molar-refractivity contribution in [1.82, 2.24) is 10.2 Å². The molecule has 3 rings (SSSR count). The lowest BCUT2D eigenvalue weighted by atomic mass is 9.90. The van der Waals surface area contributed by atoms with Crippen LogP contribution in [0.4, 0.5) is 0 Å². The Hall–Kier alpha value is -0.850. The highest BCUT2D eigenvalue weighted by molar-refractivity contribution is 5.86. The van der Waals surface area contributed by atoms with E-state index in [1.807, 2.05) is 0 Å². The van der Waals surface area contributed by atoms with Gasteiger partial charge in [-0.2, -0.15) is 0 Å². The minimum atomic E-state index is -0.776. The van der Waals surface area contributed by atoms with Gasteiger partial charge < -0.3 is 15.8 Å². The van der Waals surface area contributed by atoms with Crippen LogP contribution in [0.5, 0.6) is 0 Å². The van der Waals surface area contributed by atoms with Gasteiger partial charge in [0.1, 0.15) is 0 Å². The quantitative estimate of drug-likeness (QED) is 0.772. The van der Waals surface area contributed by atoms with Gasteiger partial charge in [-0.3, -0.25) is 9.69 Å². The first-order valence-electron chi connectivity index (χ1n) is 9.61. The molecule has 27 heavy (non-hydrogen) atoms. The van der Waals surface area contributed by atoms with E-state index in [1.54, 1.807) is 0 Å². The maximum atomic E-state index is 12.4. The van der Waals surface area contributed by atoms with E-state index in [4.69, 9.17) is 10.5 Å². The number of carbonyl (C=O) groups is 1. The van der Waals surface area contributed by atoms with Gasteiger partial charge in [0.2, 0.25) is 5.91 Å². The van der Waals surface area contributed by atoms with Gasteiger partial charge in [0.15, 0.2) is 0 Å². The molecular formula is C20H33Cl2N3O2. The topological polar surface area (TPSA) is 67.6 Å². The van der Waals surface area contributed by atoms with E-state index in [0.717, 1.165) is 12.1 Å². The van der Waals surface area contributed by atoms with Gasteiger partial charge in [-0.15, -0.1) is 24.8 Å². The maximum absolute atomic E-state index is 12.4. The van der Waals surface area contributed by atoms with Crippen LogP contribution in [-0.4, -0.2) is 42.6 Å². The number of halogens is 2. The third kappa shape index (κ3) is 7.24. The molecule has 2 aliphatic rings. The van der Waals surface area contributed by atoms with Gasteiger partial charge in [0.05, 0.1) is 5.54 Å². The summed E-state index contributed by atoms with van der Waals surface area (Å²) in [5.41, 5.74) is 7.92. The average Bonchev–Trinajstić information content (AvgIpc) is 2.89. The molecule has 0 saturated carbocycles. The summed E-state index contributed by atoms with van der Waals surface area (Å²) in [6, 6.07) is 8.54. The van der Waals surface area contributed by atoms with Crippen molar-refractivity contribution >= 4 is 30.7 Å². The standard InChI is InChI=1S/C20H31N3O2.2ClH/c21-20(8-12-25-13-9-20)19(24)22-15-17-6-5-7-18(14-17)16-23-10-3-1-2-4-11-23;;/h5-7,14H,1-4,8-13,15-16,21H2,(H,22,24);2*1H. The molecule has 1 aromatic rings. The van der Waals surface area contributed by atoms with E-state index in [0.29, 0.717) is 32.6 Å². The fourth-order valence-corrected chi connectivity index (χ4v) is 3.71. The second kappa shape index (κ2) is 11.9. The summed E-state index contributed by atoms with van der Waals surface area (Å²) in [5.74, 6) is -0.0614. The third-order valence-electron chi connectivity index (χ3n) is 5.39. The van der Waals surface area contributed by atoms with E-state index >= 15 is 0 Å². The number of ether oxygens (including phenoxy) is 1. The van der Waals surface area contributed by atoms with Crippen LogP contribution in [0.1, 0.15) is 49.7 Å². The van der Waals surface area contributed by atoms with Crippen LogP contribution < -0.4 is 11.1 Å². The Morgan fingerprint density at radius 3 is 2.37 bits per heavy atom. The van der Waals surface area contributed by atoms with Gasteiger partial charge in [-0.05, 0) is 49.9 Å². The maximum Gasteiger partial charge on any atom is 0.240 e. The van der Waals surface area contributed by atoms with Crippen LogP contribution in [0.2, 0.25) is 0 Å². The third-order valence-corrected chi connectivity index (χ3v) is 5.39. The summed E-state index contributed by atoms with van der Waals surface area (Å²) in [4.78, 5) is 15.0. The Labute approximate surface area is 175 Å². The fourth-order valence-electron chi connectivity index (χ4n) is 3.71. The zero-order chi connectivity index (χ0) is 17.5. The molecule has 1 amide bonds. The number of nitrogens with one attached hydrogen (secondary N) is 1. The second-order valence-corrected chi connectivity index (χ2v) is 7.46. The number of amides is 1. The Morgan fingerprint density at radius 2 is 1.70 bits per heavy atom. The number of rotatable bonds is 5. The first-order chi connectivity index (χ1) is 12.2. The fraction of sp³-hybridized carbons (Fsp3) is 0.650. The van der Waals surface area contributed by atoms with Gasteiger partial charge in [0.25, 0.3) is 0 Å². The molecule has 5 nitrogen and oxygen atoms in total. The second-order valence-electron chi connectivity index (χ2n) is 7.46. The normalized spacial score (nSPS) is 19.9. The molecule has 2 heterocycles. The van der Waals surface area contributed by atoms with Gasteiger partial charge in [-0.25, -0.2) is 0 Å². The van der Waals surface area contributed by atoms with Crippen molar-refractivity contribution in [2.24, 2.45) is 5.73 Å². The number of nitrogens with zero attached hydrogens (tertiary/aromatic N) is 1. The molecule has 154 valence electrons. The Morgan fingerprint density at radius 1 is 1.07 bits per heavy atom. The van der Waals surface area contributed by atoms with Crippen molar-refractivity contribution in [3.8, 4) is 0 Å². The van der Waals surface area contributed by atoms with Gasteiger partial charge in [0, 0.05) is 26.3 Å². The zero-order valence-electron chi connectivity index (χ0n) is 16.0. The monoisotopic (exact) mass is 417 g/mol. The van der Waals surface area contributed by atoms with E-state index in [9.17, 15) is 4.79 Å². The lowest BCUT2D eigenvalue weighted by Gasteiger charge is -2.31. The Balaban J connectivity index is 0.00000182. The predicted octanol–water partition coefficient (Wildman–Crippen LogP) is 3.03. The summed E-state index contributed by atoms with van der Waals surface area (Å²) in [6.45, 7) is 5.05. The molecule has 0 atom stereocenters. The van der Waals surface area contributed by atoms with E-state index < -0.39 is 5.54 Å². The van der Waals surface area contributed by atoms with Crippen molar-refractivity contribution in [3.63, 3.8) is 0 Å². The molecule has 2 aliphatic heterocycles. The highest BCUT2D eigenvalue weighted by atomic mass is 35.5. The first kappa shape index (κ1) is 24.2. The lowest BCUT2D eigenvalue weighted by Crippen LogP contribution is -2.56. The van der Waals surface area contributed by atoms with Crippen LogP contribution in [0, 0.1) is 0 Å². The molecule has 1 aromatic carbocycles. The van der Waals surface area contributed by atoms with Crippen LogP contribution in [0.25, 0.3) is 0 Å². The molecule has 0 unspecified atom stereocenters. The summed E-state index contributed by atoms with van der Waals surface area (Å²) in [5, 5.41) is 3.02. The van der Waals surface area contributed by atoms with Crippen molar-refractivity contribution < 1.29 is 9.53 Å². The average molecular weight is 418 g/mol. The smallest absolute Gasteiger partial charge is 0.240 e. The SMILES string of the molecule is Cl.Cl.NC1(C(=O)NCc2cccc(CN3CCCCCC3)c2)CCOCC1. The summed E-state index contributed by atoms with van der Waals surface area (Å²) >= 11 is 0. The number of likely N-dealkylation sites (tertiary alicyclic amines) is 1. The summed E-state index contributed by atoms with van der Waals surface area (Å²) in [6.07, 6.45) is 6.50. The molecule has 0 bridgehead atoms. The number of nitrogens with two attached hydrogens (primary N) is 1. The Kier molecular flexibility index (Phi) is 10.6. The lowest BCUT2D eigenvalue weighted by molar-refractivity contribution is -0.129. The molecule has 0 radical (unpaired) electrons.